The minimum atomic E-state index is 0.0348. The zero-order chi connectivity index (χ0) is 18.8. The van der Waals surface area contributed by atoms with Crippen molar-refractivity contribution in [1.29, 1.82) is 0 Å². The average molecular weight is 390 g/mol. The van der Waals surface area contributed by atoms with Gasteiger partial charge >= 0.3 is 0 Å². The van der Waals surface area contributed by atoms with E-state index in [9.17, 15) is 4.79 Å². The van der Waals surface area contributed by atoms with Crippen LogP contribution in [-0.2, 0) is 15.2 Å². The van der Waals surface area contributed by atoms with Crippen molar-refractivity contribution in [2.24, 2.45) is 0 Å². The van der Waals surface area contributed by atoms with E-state index >= 15 is 0 Å². The summed E-state index contributed by atoms with van der Waals surface area (Å²) in [6.45, 7) is 8.12. The summed E-state index contributed by atoms with van der Waals surface area (Å²) in [6, 6.07) is 0.200. The van der Waals surface area contributed by atoms with Gasteiger partial charge in [0.05, 0.1) is 31.6 Å². The Morgan fingerprint density at radius 2 is 2.11 bits per heavy atom. The molecule has 4 rings (SSSR count). The molecular weight excluding hydrogens is 362 g/mol. The molecule has 1 amide bonds. The molecule has 3 aliphatic heterocycles. The van der Waals surface area contributed by atoms with Gasteiger partial charge in [-0.3, -0.25) is 9.48 Å². The van der Waals surface area contributed by atoms with E-state index in [1.165, 1.54) is 10.5 Å². The van der Waals surface area contributed by atoms with Crippen LogP contribution in [-0.4, -0.2) is 60.1 Å². The average Bonchev–Trinajstić information content (AvgIpc) is 3.36. The molecule has 0 saturated carbocycles. The Kier molecular flexibility index (Phi) is 5.71. The molecule has 4 heterocycles. The predicted molar refractivity (Wildman–Crippen MR) is 107 cm³/mol. The van der Waals surface area contributed by atoms with Crippen molar-refractivity contribution in [3.05, 3.63) is 34.0 Å². The monoisotopic (exact) mass is 389 g/mol. The minimum Gasteiger partial charge on any atom is -0.379 e. The summed E-state index contributed by atoms with van der Waals surface area (Å²) >= 11 is 1.80. The SMILES string of the molecule is C/C=C1/SCc2c(C(=O)N3CCOCC3)nn(C3CCOC3)c2/C1=C/CC. The van der Waals surface area contributed by atoms with E-state index < -0.39 is 0 Å². The van der Waals surface area contributed by atoms with E-state index in [0.717, 1.165) is 36.5 Å². The van der Waals surface area contributed by atoms with Crippen LogP contribution in [0, 0.1) is 0 Å². The van der Waals surface area contributed by atoms with Crippen molar-refractivity contribution in [3.8, 4) is 0 Å². The molecule has 0 N–H and O–H groups in total. The van der Waals surface area contributed by atoms with Crippen LogP contribution in [0.2, 0.25) is 0 Å². The van der Waals surface area contributed by atoms with Crippen molar-refractivity contribution < 1.29 is 14.3 Å². The number of fused-ring (bicyclic) bond motifs is 1. The number of amides is 1. The second kappa shape index (κ2) is 8.20. The molecule has 1 atom stereocenters. The Hall–Kier alpha value is -1.57. The maximum atomic E-state index is 13.2. The molecule has 27 heavy (non-hydrogen) atoms. The van der Waals surface area contributed by atoms with Crippen molar-refractivity contribution in [2.75, 3.05) is 39.5 Å². The van der Waals surface area contributed by atoms with Gasteiger partial charge < -0.3 is 14.4 Å². The Bertz CT molecular complexity index is 772. The lowest BCUT2D eigenvalue weighted by molar-refractivity contribution is 0.0297. The normalized spacial score (nSPS) is 26.0. The van der Waals surface area contributed by atoms with Gasteiger partial charge in [0.25, 0.3) is 5.91 Å². The number of hydrogen-bond donors (Lipinski definition) is 0. The van der Waals surface area contributed by atoms with E-state index in [-0.39, 0.29) is 11.9 Å². The Labute approximate surface area is 164 Å². The fourth-order valence-electron chi connectivity index (χ4n) is 3.94. The van der Waals surface area contributed by atoms with Crippen LogP contribution in [0.4, 0.5) is 0 Å². The van der Waals surface area contributed by atoms with Crippen molar-refractivity contribution in [1.82, 2.24) is 14.7 Å². The first-order valence-corrected chi connectivity index (χ1v) is 10.8. The van der Waals surface area contributed by atoms with Gasteiger partial charge in [0.15, 0.2) is 5.69 Å². The number of ether oxygens (including phenoxy) is 2. The number of rotatable bonds is 3. The second-order valence-corrected chi connectivity index (χ2v) is 8.03. The van der Waals surface area contributed by atoms with Gasteiger partial charge in [-0.25, -0.2) is 0 Å². The summed E-state index contributed by atoms with van der Waals surface area (Å²) in [5.41, 5.74) is 4.03. The fourth-order valence-corrected chi connectivity index (χ4v) is 5.02. The standard InChI is InChI=1S/C20H27N3O3S/c1-3-5-15-17(4-2)27-13-16-18(20(24)22-7-10-25-11-8-22)21-23(19(15)16)14-6-9-26-12-14/h4-5,14H,3,6-13H2,1-2H3/b15-5+,17-4+. The van der Waals surface area contributed by atoms with Gasteiger partial charge in [-0.1, -0.05) is 19.1 Å². The number of morpholine rings is 1. The van der Waals surface area contributed by atoms with E-state index in [1.807, 2.05) is 4.90 Å². The molecule has 146 valence electrons. The van der Waals surface area contributed by atoms with Crippen LogP contribution in [0.15, 0.2) is 17.1 Å². The molecule has 2 fully saturated rings. The lowest BCUT2D eigenvalue weighted by Crippen LogP contribution is -2.41. The largest absolute Gasteiger partial charge is 0.379 e. The second-order valence-electron chi connectivity index (χ2n) is 7.01. The highest BCUT2D eigenvalue weighted by Gasteiger charge is 2.35. The van der Waals surface area contributed by atoms with E-state index in [1.54, 1.807) is 11.8 Å². The first kappa shape index (κ1) is 18.8. The first-order valence-electron chi connectivity index (χ1n) is 9.80. The van der Waals surface area contributed by atoms with Crippen LogP contribution in [0.1, 0.15) is 54.5 Å². The summed E-state index contributed by atoms with van der Waals surface area (Å²) in [6.07, 6.45) is 6.32. The van der Waals surface area contributed by atoms with E-state index in [2.05, 4.69) is 30.7 Å². The molecule has 3 aliphatic rings. The molecule has 0 radical (unpaired) electrons. The molecule has 1 unspecified atom stereocenters. The molecule has 7 heteroatoms. The van der Waals surface area contributed by atoms with Crippen molar-refractivity contribution in [3.63, 3.8) is 0 Å². The Morgan fingerprint density at radius 1 is 1.30 bits per heavy atom. The van der Waals surface area contributed by atoms with Gasteiger partial charge in [0.2, 0.25) is 0 Å². The van der Waals surface area contributed by atoms with E-state index in [4.69, 9.17) is 14.6 Å². The van der Waals surface area contributed by atoms with Crippen LogP contribution >= 0.6 is 11.8 Å². The number of allylic oxidation sites excluding steroid dienone is 3. The highest BCUT2D eigenvalue weighted by Crippen LogP contribution is 2.44. The highest BCUT2D eigenvalue weighted by atomic mass is 32.2. The van der Waals surface area contributed by atoms with Crippen LogP contribution in [0.25, 0.3) is 5.57 Å². The zero-order valence-electron chi connectivity index (χ0n) is 16.1. The van der Waals surface area contributed by atoms with Gasteiger partial charge in [-0.05, 0) is 19.8 Å². The summed E-state index contributed by atoms with van der Waals surface area (Å²) in [5, 5.41) is 4.87. The third-order valence-corrected chi connectivity index (χ3v) is 6.52. The number of thioether (sulfide) groups is 1. The maximum absolute atomic E-state index is 13.2. The summed E-state index contributed by atoms with van der Waals surface area (Å²) in [5.74, 6) is 0.822. The topological polar surface area (TPSA) is 56.6 Å². The van der Waals surface area contributed by atoms with Gasteiger partial charge in [-0.15, -0.1) is 11.8 Å². The number of carbonyl (C=O) groups excluding carboxylic acids is 1. The molecule has 2 saturated heterocycles. The third-order valence-electron chi connectivity index (χ3n) is 5.32. The minimum absolute atomic E-state index is 0.0348. The molecule has 6 nitrogen and oxygen atoms in total. The zero-order valence-corrected chi connectivity index (χ0v) is 16.9. The smallest absolute Gasteiger partial charge is 0.274 e. The molecule has 1 aromatic heterocycles. The number of carbonyl (C=O) groups is 1. The predicted octanol–water partition coefficient (Wildman–Crippen LogP) is 3.26. The quantitative estimate of drug-likeness (QED) is 0.794. The highest BCUT2D eigenvalue weighted by molar-refractivity contribution is 8.03. The first-order chi connectivity index (χ1) is 13.2. The molecule has 0 bridgehead atoms. The van der Waals surface area contributed by atoms with Crippen molar-refractivity contribution in [2.45, 2.75) is 38.5 Å². The lowest BCUT2D eigenvalue weighted by atomic mass is 10.0. The third kappa shape index (κ3) is 3.48. The van der Waals surface area contributed by atoms with Crippen molar-refractivity contribution >= 4 is 23.2 Å². The fraction of sp³-hybridized carbons (Fsp3) is 0.600. The Morgan fingerprint density at radius 3 is 2.78 bits per heavy atom. The molecule has 0 aliphatic carbocycles. The molecule has 0 aromatic carbocycles. The molecule has 0 spiro atoms. The molecule has 1 aromatic rings. The van der Waals surface area contributed by atoms with Gasteiger partial charge in [0, 0.05) is 41.5 Å². The number of hydrogen-bond acceptors (Lipinski definition) is 5. The van der Waals surface area contributed by atoms with Crippen LogP contribution < -0.4 is 0 Å². The van der Waals surface area contributed by atoms with Crippen LogP contribution in [0.3, 0.4) is 0 Å². The lowest BCUT2D eigenvalue weighted by Gasteiger charge is -2.27. The number of nitrogens with zero attached hydrogens (tertiary/aromatic N) is 3. The summed E-state index contributed by atoms with van der Waals surface area (Å²) < 4.78 is 13.1. The van der Waals surface area contributed by atoms with E-state index in [0.29, 0.717) is 38.6 Å². The van der Waals surface area contributed by atoms with Gasteiger partial charge in [0.1, 0.15) is 0 Å². The number of aromatic nitrogens is 2. The summed E-state index contributed by atoms with van der Waals surface area (Å²) in [4.78, 5) is 16.4. The Balaban J connectivity index is 1.81. The van der Waals surface area contributed by atoms with Crippen LogP contribution in [0.5, 0.6) is 0 Å². The molecular formula is C20H27N3O3S. The summed E-state index contributed by atoms with van der Waals surface area (Å²) in [7, 11) is 0. The maximum Gasteiger partial charge on any atom is 0.274 e. The van der Waals surface area contributed by atoms with Gasteiger partial charge in [-0.2, -0.15) is 5.10 Å².